The number of aryl methyl sites for hydroxylation is 2. The molecule has 0 radical (unpaired) electrons. The van der Waals surface area contributed by atoms with Crippen molar-refractivity contribution in [1.29, 1.82) is 0 Å². The van der Waals surface area contributed by atoms with Gasteiger partial charge in [0.2, 0.25) is 0 Å². The molecule has 23 heavy (non-hydrogen) atoms. The van der Waals surface area contributed by atoms with Crippen molar-refractivity contribution in [1.82, 2.24) is 10.6 Å². The Kier molecular flexibility index (Phi) is 6.21. The largest absolute Gasteiger partial charge is 0.336 e. The minimum atomic E-state index is -0.110. The highest BCUT2D eigenvalue weighted by Gasteiger charge is 2.13. The van der Waals surface area contributed by atoms with Crippen molar-refractivity contribution in [2.45, 2.75) is 45.7 Å². The van der Waals surface area contributed by atoms with Gasteiger partial charge in [0.15, 0.2) is 0 Å². The number of hydrogen-bond acceptors (Lipinski definition) is 1. The maximum atomic E-state index is 12.1. The van der Waals surface area contributed by atoms with E-state index in [1.54, 1.807) is 0 Å². The number of urea groups is 1. The lowest BCUT2D eigenvalue weighted by Crippen LogP contribution is -2.42. The minimum Gasteiger partial charge on any atom is -0.336 e. The predicted octanol–water partition coefficient (Wildman–Crippen LogP) is 4.38. The van der Waals surface area contributed by atoms with Gasteiger partial charge in [0.25, 0.3) is 0 Å². The van der Waals surface area contributed by atoms with Crippen molar-refractivity contribution in [2.24, 2.45) is 0 Å². The van der Waals surface area contributed by atoms with E-state index >= 15 is 0 Å². The fraction of sp³-hybridized carbons (Fsp3) is 0.350. The van der Waals surface area contributed by atoms with Gasteiger partial charge in [-0.15, -0.1) is 0 Å². The second kappa shape index (κ2) is 8.37. The Morgan fingerprint density at radius 1 is 0.957 bits per heavy atom. The van der Waals surface area contributed by atoms with Gasteiger partial charge in [0.05, 0.1) is 6.04 Å². The normalized spacial score (nSPS) is 13.2. The van der Waals surface area contributed by atoms with Crippen LogP contribution in [-0.4, -0.2) is 12.1 Å². The van der Waals surface area contributed by atoms with Crippen molar-refractivity contribution in [3.63, 3.8) is 0 Å². The molecule has 0 fully saturated rings. The van der Waals surface area contributed by atoms with E-state index in [0.29, 0.717) is 0 Å². The average molecular weight is 310 g/mol. The first-order valence-corrected chi connectivity index (χ1v) is 8.22. The first-order chi connectivity index (χ1) is 11.1. The molecule has 2 atom stereocenters. The van der Waals surface area contributed by atoms with Crippen molar-refractivity contribution in [2.75, 3.05) is 0 Å². The topological polar surface area (TPSA) is 41.1 Å². The molecule has 2 amide bonds. The zero-order valence-corrected chi connectivity index (χ0v) is 14.2. The van der Waals surface area contributed by atoms with Gasteiger partial charge in [-0.2, -0.15) is 0 Å². The monoisotopic (exact) mass is 310 g/mol. The van der Waals surface area contributed by atoms with Crippen molar-refractivity contribution >= 4 is 6.03 Å². The average Bonchev–Trinajstić information content (AvgIpc) is 2.54. The number of carbonyl (C=O) groups is 1. The van der Waals surface area contributed by atoms with Crippen molar-refractivity contribution in [3.8, 4) is 0 Å². The molecule has 122 valence electrons. The van der Waals surface area contributed by atoms with E-state index in [9.17, 15) is 4.79 Å². The van der Waals surface area contributed by atoms with E-state index < -0.39 is 0 Å². The van der Waals surface area contributed by atoms with Crippen molar-refractivity contribution < 1.29 is 4.79 Å². The summed E-state index contributed by atoms with van der Waals surface area (Å²) in [7, 11) is 0. The lowest BCUT2D eigenvalue weighted by molar-refractivity contribution is 0.234. The van der Waals surface area contributed by atoms with Crippen LogP contribution in [-0.2, 0) is 6.42 Å². The molecule has 0 saturated heterocycles. The third-order valence-electron chi connectivity index (χ3n) is 4.09. The van der Waals surface area contributed by atoms with Gasteiger partial charge in [-0.3, -0.25) is 0 Å². The van der Waals surface area contributed by atoms with Crippen LogP contribution in [0.4, 0.5) is 4.79 Å². The molecule has 0 aliphatic heterocycles. The van der Waals surface area contributed by atoms with Gasteiger partial charge in [-0.05, 0) is 50.3 Å². The van der Waals surface area contributed by atoms with Gasteiger partial charge >= 0.3 is 6.03 Å². The van der Waals surface area contributed by atoms with Crippen molar-refractivity contribution in [3.05, 3.63) is 71.3 Å². The summed E-state index contributed by atoms with van der Waals surface area (Å²) in [6.07, 6.45) is 1.89. The van der Waals surface area contributed by atoms with E-state index in [0.717, 1.165) is 18.4 Å². The Morgan fingerprint density at radius 3 is 2.30 bits per heavy atom. The zero-order valence-electron chi connectivity index (χ0n) is 14.2. The van der Waals surface area contributed by atoms with Crippen LogP contribution in [0.25, 0.3) is 0 Å². The van der Waals surface area contributed by atoms with Gasteiger partial charge in [-0.1, -0.05) is 54.6 Å². The van der Waals surface area contributed by atoms with Crippen LogP contribution in [0.3, 0.4) is 0 Å². The molecule has 0 spiro atoms. The Bertz CT molecular complexity index is 625. The highest BCUT2D eigenvalue weighted by molar-refractivity contribution is 5.74. The molecule has 0 saturated carbocycles. The highest BCUT2D eigenvalue weighted by atomic mass is 16.2. The molecule has 0 aromatic heterocycles. The summed E-state index contributed by atoms with van der Waals surface area (Å²) in [5.41, 5.74) is 3.65. The smallest absolute Gasteiger partial charge is 0.315 e. The minimum absolute atomic E-state index is 0.00229. The molecule has 3 heteroatoms. The summed E-state index contributed by atoms with van der Waals surface area (Å²) in [5, 5.41) is 6.04. The van der Waals surface area contributed by atoms with Gasteiger partial charge in [0.1, 0.15) is 0 Å². The highest BCUT2D eigenvalue weighted by Crippen LogP contribution is 2.16. The lowest BCUT2D eigenvalue weighted by Gasteiger charge is -2.19. The summed E-state index contributed by atoms with van der Waals surface area (Å²) in [6.45, 7) is 6.12. The SMILES string of the molecule is Cc1ccccc1[C@H](C)NC(=O)N[C@H](C)CCc1ccccc1. The molecule has 3 nitrogen and oxygen atoms in total. The molecule has 0 heterocycles. The van der Waals surface area contributed by atoms with Crippen LogP contribution in [0.2, 0.25) is 0 Å². The third-order valence-corrected chi connectivity index (χ3v) is 4.09. The van der Waals surface area contributed by atoms with E-state index in [1.165, 1.54) is 11.1 Å². The number of hydrogen-bond donors (Lipinski definition) is 2. The second-order valence-electron chi connectivity index (χ2n) is 6.12. The predicted molar refractivity (Wildman–Crippen MR) is 95.5 cm³/mol. The molecule has 0 bridgehead atoms. The molecule has 2 N–H and O–H groups in total. The summed E-state index contributed by atoms with van der Waals surface area (Å²) in [4.78, 5) is 12.1. The molecule has 0 aliphatic rings. The van der Waals surface area contributed by atoms with E-state index in [2.05, 4.69) is 41.8 Å². The standard InChI is InChI=1S/C20H26N2O/c1-15-9-7-8-12-19(15)17(3)22-20(23)21-16(2)13-14-18-10-5-4-6-11-18/h4-12,16-17H,13-14H2,1-3H3,(H2,21,22,23)/t16-,17+/m1/s1. The van der Waals surface area contributed by atoms with Gasteiger partial charge < -0.3 is 10.6 Å². The van der Waals surface area contributed by atoms with Crippen LogP contribution in [0.5, 0.6) is 0 Å². The summed E-state index contributed by atoms with van der Waals surface area (Å²) in [5.74, 6) is 0. The first kappa shape index (κ1) is 17.1. The maximum Gasteiger partial charge on any atom is 0.315 e. The summed E-state index contributed by atoms with van der Waals surface area (Å²) in [6, 6.07) is 18.5. The zero-order chi connectivity index (χ0) is 16.7. The Morgan fingerprint density at radius 2 is 1.61 bits per heavy atom. The number of rotatable bonds is 6. The second-order valence-corrected chi connectivity index (χ2v) is 6.12. The fourth-order valence-corrected chi connectivity index (χ4v) is 2.71. The van der Waals surface area contributed by atoms with Crippen LogP contribution in [0.15, 0.2) is 54.6 Å². The van der Waals surface area contributed by atoms with E-state index in [1.807, 2.05) is 44.2 Å². The summed E-state index contributed by atoms with van der Waals surface area (Å²) >= 11 is 0. The molecule has 2 rings (SSSR count). The van der Waals surface area contributed by atoms with E-state index in [-0.39, 0.29) is 18.1 Å². The number of carbonyl (C=O) groups excluding carboxylic acids is 1. The first-order valence-electron chi connectivity index (χ1n) is 8.22. The molecule has 0 unspecified atom stereocenters. The van der Waals surface area contributed by atoms with Gasteiger partial charge in [0, 0.05) is 6.04 Å². The van der Waals surface area contributed by atoms with Crippen LogP contribution >= 0.6 is 0 Å². The number of nitrogens with one attached hydrogen (secondary N) is 2. The Labute approximate surface area is 139 Å². The fourth-order valence-electron chi connectivity index (χ4n) is 2.71. The maximum absolute atomic E-state index is 12.1. The molecule has 0 aliphatic carbocycles. The number of amides is 2. The van der Waals surface area contributed by atoms with Crippen LogP contribution in [0, 0.1) is 6.92 Å². The third kappa shape index (κ3) is 5.44. The molecular formula is C20H26N2O. The quantitative estimate of drug-likeness (QED) is 0.817. The van der Waals surface area contributed by atoms with Gasteiger partial charge in [-0.25, -0.2) is 4.79 Å². The lowest BCUT2D eigenvalue weighted by atomic mass is 10.0. The molecule has 2 aromatic rings. The Balaban J connectivity index is 1.79. The summed E-state index contributed by atoms with van der Waals surface area (Å²) < 4.78 is 0. The molecule has 2 aromatic carbocycles. The van der Waals surface area contributed by atoms with Crippen LogP contribution < -0.4 is 10.6 Å². The molecular weight excluding hydrogens is 284 g/mol. The Hall–Kier alpha value is -2.29. The number of benzene rings is 2. The van der Waals surface area contributed by atoms with Crippen LogP contribution in [0.1, 0.15) is 43.0 Å². The van der Waals surface area contributed by atoms with E-state index in [4.69, 9.17) is 0 Å².